The van der Waals surface area contributed by atoms with Crippen molar-refractivity contribution in [1.29, 1.82) is 0 Å². The van der Waals surface area contributed by atoms with E-state index in [4.69, 9.17) is 9.39 Å². The minimum absolute atomic E-state index is 0.000851. The van der Waals surface area contributed by atoms with Gasteiger partial charge in [0.25, 0.3) is 5.69 Å². The summed E-state index contributed by atoms with van der Waals surface area (Å²) in [6.45, 7) is 2.01. The maximum atomic E-state index is 13.8. The zero-order chi connectivity index (χ0) is 27.3. The molecule has 2 amide bonds. The van der Waals surface area contributed by atoms with Gasteiger partial charge < -0.3 is 19.5 Å². The number of hydrogen-bond acceptors (Lipinski definition) is 8. The molecule has 38 heavy (non-hydrogen) atoms. The van der Waals surface area contributed by atoms with Gasteiger partial charge in [-0.25, -0.2) is 4.90 Å². The molecule has 2 saturated heterocycles. The predicted octanol–water partition coefficient (Wildman–Crippen LogP) is 4.32. The number of methoxy groups -OCH3 is 1. The van der Waals surface area contributed by atoms with Crippen molar-refractivity contribution in [3.05, 3.63) is 66.7 Å². The van der Waals surface area contributed by atoms with E-state index < -0.39 is 41.8 Å². The molecule has 1 aliphatic carbocycles. The van der Waals surface area contributed by atoms with Crippen LogP contribution in [-0.4, -0.2) is 41.1 Å². The van der Waals surface area contributed by atoms with Crippen molar-refractivity contribution >= 4 is 52.9 Å². The van der Waals surface area contributed by atoms with E-state index >= 15 is 0 Å². The van der Waals surface area contributed by atoms with Crippen LogP contribution in [0.3, 0.4) is 0 Å². The molecule has 198 valence electrons. The number of carbonyl (C=O) groups is 2. The third-order valence-corrected chi connectivity index (χ3v) is 8.53. The number of fused-ring (bicyclic) bond motifs is 3. The number of imide groups is 1. The zero-order valence-corrected chi connectivity index (χ0v) is 23.0. The summed E-state index contributed by atoms with van der Waals surface area (Å²) in [7, 11) is 0.189. The summed E-state index contributed by atoms with van der Waals surface area (Å²) in [5, 5.41) is 32.8. The van der Waals surface area contributed by atoms with E-state index in [0.29, 0.717) is 33.9 Å². The van der Waals surface area contributed by atoms with Gasteiger partial charge in [0.05, 0.1) is 39.2 Å². The first-order valence-electron chi connectivity index (χ1n) is 12.4. The molecule has 12 heteroatoms. The number of ether oxygens (including phenoxy) is 1. The molecule has 0 bridgehead atoms. The molecule has 0 saturated carbocycles. The van der Waals surface area contributed by atoms with Gasteiger partial charge in [-0.3, -0.25) is 19.7 Å². The summed E-state index contributed by atoms with van der Waals surface area (Å²) < 4.78 is 11.9. The SMILES string of the molecule is CCCC1=C2B(O)O[C@H](c3cc(I)c(O)c(OC)c3)C[C@H]2[C@H]2C(=O)N(c3cccc([N+](=O)[O-])c3)C(=O)[C@H]2C1. The summed E-state index contributed by atoms with van der Waals surface area (Å²) in [6.07, 6.45) is 1.51. The van der Waals surface area contributed by atoms with E-state index in [1.54, 1.807) is 12.1 Å². The van der Waals surface area contributed by atoms with Crippen molar-refractivity contribution in [3.8, 4) is 11.5 Å². The lowest BCUT2D eigenvalue weighted by atomic mass is 9.54. The summed E-state index contributed by atoms with van der Waals surface area (Å²) in [4.78, 5) is 39.3. The molecule has 0 unspecified atom stereocenters. The molecule has 2 aromatic rings. The molecular weight excluding hydrogens is 606 g/mol. The highest BCUT2D eigenvalue weighted by molar-refractivity contribution is 14.1. The van der Waals surface area contributed by atoms with Crippen molar-refractivity contribution in [1.82, 2.24) is 0 Å². The number of nitrogens with zero attached hydrogens (tertiary/aromatic N) is 2. The number of phenolic OH excluding ortho intramolecular Hbond substituents is 1. The lowest BCUT2D eigenvalue weighted by Crippen LogP contribution is -2.45. The van der Waals surface area contributed by atoms with Crippen LogP contribution < -0.4 is 9.64 Å². The minimum atomic E-state index is -1.26. The van der Waals surface area contributed by atoms with Crippen LogP contribution in [0.4, 0.5) is 11.4 Å². The van der Waals surface area contributed by atoms with Crippen LogP contribution >= 0.6 is 22.6 Å². The molecule has 2 N–H and O–H groups in total. The molecule has 3 aliphatic rings. The van der Waals surface area contributed by atoms with Crippen LogP contribution in [0.25, 0.3) is 0 Å². The number of phenols is 1. The van der Waals surface area contributed by atoms with Crippen LogP contribution in [0.5, 0.6) is 11.5 Å². The standard InChI is InChI=1S/C26H26BIN2O8/c1-3-5-13-8-18-22(26(33)29(25(18)32)15-6-4-7-16(11-15)30(35)36)17-12-20(38-27(34)23(13)17)14-9-19(28)24(31)21(10-14)37-2/h4,6-7,9-11,17-18,20,22,31,34H,3,5,8,12H2,1-2H3/t17-,18-,20-,22+/m0/s1. The predicted molar refractivity (Wildman–Crippen MR) is 146 cm³/mol. The first kappa shape index (κ1) is 26.6. The first-order chi connectivity index (χ1) is 18.2. The summed E-state index contributed by atoms with van der Waals surface area (Å²) in [5.41, 5.74) is 2.22. The van der Waals surface area contributed by atoms with Crippen LogP contribution in [0.1, 0.15) is 44.3 Å². The molecule has 0 spiro atoms. The Morgan fingerprint density at radius 1 is 1.24 bits per heavy atom. The van der Waals surface area contributed by atoms with E-state index in [-0.39, 0.29) is 28.8 Å². The molecule has 2 aromatic carbocycles. The van der Waals surface area contributed by atoms with Crippen molar-refractivity contribution in [2.45, 2.75) is 38.7 Å². The van der Waals surface area contributed by atoms with Gasteiger partial charge in [0.2, 0.25) is 11.8 Å². The number of anilines is 1. The van der Waals surface area contributed by atoms with E-state index in [0.717, 1.165) is 16.9 Å². The Kier molecular flexibility index (Phi) is 7.22. The van der Waals surface area contributed by atoms with E-state index in [1.165, 1.54) is 31.4 Å². The molecule has 2 aliphatic heterocycles. The van der Waals surface area contributed by atoms with Gasteiger partial charge in [0.1, 0.15) is 0 Å². The number of aromatic hydroxyl groups is 1. The highest BCUT2D eigenvalue weighted by Crippen LogP contribution is 2.53. The summed E-state index contributed by atoms with van der Waals surface area (Å²) in [6, 6.07) is 8.92. The number of carbonyl (C=O) groups excluding carboxylic acids is 2. The third kappa shape index (κ3) is 4.37. The van der Waals surface area contributed by atoms with Crippen molar-refractivity contribution < 1.29 is 34.0 Å². The van der Waals surface area contributed by atoms with Crippen molar-refractivity contribution in [3.63, 3.8) is 0 Å². The van der Waals surface area contributed by atoms with Crippen LogP contribution in [0, 0.1) is 31.4 Å². The number of nitro benzene ring substituents is 1. The summed E-state index contributed by atoms with van der Waals surface area (Å²) >= 11 is 1.99. The second-order valence-corrected chi connectivity index (χ2v) is 11.0. The second-order valence-electron chi connectivity index (χ2n) is 9.81. The Labute approximate surface area is 233 Å². The van der Waals surface area contributed by atoms with Gasteiger partial charge in [-0.1, -0.05) is 25.0 Å². The van der Waals surface area contributed by atoms with E-state index in [9.17, 15) is 29.8 Å². The molecule has 2 heterocycles. The maximum Gasteiger partial charge on any atom is 0.487 e. The fraction of sp³-hybridized carbons (Fsp3) is 0.385. The molecule has 10 nitrogen and oxygen atoms in total. The van der Waals surface area contributed by atoms with Crippen LogP contribution in [0.2, 0.25) is 0 Å². The van der Waals surface area contributed by atoms with Crippen molar-refractivity contribution in [2.75, 3.05) is 12.0 Å². The van der Waals surface area contributed by atoms with Crippen LogP contribution in [0.15, 0.2) is 47.4 Å². The molecule has 4 atom stereocenters. The minimum Gasteiger partial charge on any atom is -0.504 e. The largest absolute Gasteiger partial charge is 0.504 e. The lowest BCUT2D eigenvalue weighted by Gasteiger charge is -2.42. The Morgan fingerprint density at radius 2 is 2.00 bits per heavy atom. The molecule has 0 aromatic heterocycles. The highest BCUT2D eigenvalue weighted by Gasteiger charge is 2.58. The number of benzene rings is 2. The lowest BCUT2D eigenvalue weighted by molar-refractivity contribution is -0.384. The summed E-state index contributed by atoms with van der Waals surface area (Å²) in [5.74, 6) is -2.35. The third-order valence-electron chi connectivity index (χ3n) is 7.70. The maximum absolute atomic E-state index is 13.8. The Balaban J connectivity index is 1.55. The smallest absolute Gasteiger partial charge is 0.487 e. The quantitative estimate of drug-likeness (QED) is 0.158. The van der Waals surface area contributed by atoms with Gasteiger partial charge in [-0.2, -0.15) is 0 Å². The highest BCUT2D eigenvalue weighted by atomic mass is 127. The van der Waals surface area contributed by atoms with Gasteiger partial charge in [-0.05, 0) is 77.0 Å². The number of non-ortho nitro benzene ring substituents is 1. The second kappa shape index (κ2) is 10.3. The number of rotatable bonds is 6. The van der Waals surface area contributed by atoms with Gasteiger partial charge in [0.15, 0.2) is 11.5 Å². The monoisotopic (exact) mass is 632 g/mol. The van der Waals surface area contributed by atoms with Crippen molar-refractivity contribution in [2.24, 2.45) is 17.8 Å². The fourth-order valence-electron chi connectivity index (χ4n) is 6.10. The number of nitro groups is 1. The first-order valence-corrected chi connectivity index (χ1v) is 13.5. The molecule has 2 fully saturated rings. The van der Waals surface area contributed by atoms with E-state index in [2.05, 4.69) is 0 Å². The number of hydrogen-bond donors (Lipinski definition) is 2. The number of halogens is 1. The Hall–Kier alpha value is -2.97. The fourth-order valence-corrected chi connectivity index (χ4v) is 6.73. The Bertz CT molecular complexity index is 1360. The molecule has 0 radical (unpaired) electrons. The van der Waals surface area contributed by atoms with Gasteiger partial charge in [0, 0.05) is 12.1 Å². The Morgan fingerprint density at radius 3 is 2.68 bits per heavy atom. The average molecular weight is 632 g/mol. The molecule has 5 rings (SSSR count). The number of allylic oxidation sites excluding steroid dienone is 2. The van der Waals surface area contributed by atoms with Gasteiger partial charge in [-0.15, -0.1) is 0 Å². The topological polar surface area (TPSA) is 139 Å². The average Bonchev–Trinajstić information content (AvgIpc) is 3.14. The number of amides is 2. The normalized spacial score (nSPS) is 24.9. The van der Waals surface area contributed by atoms with Gasteiger partial charge >= 0.3 is 7.12 Å². The van der Waals surface area contributed by atoms with E-state index in [1.807, 2.05) is 29.5 Å². The van der Waals surface area contributed by atoms with Crippen LogP contribution in [-0.2, 0) is 14.2 Å². The zero-order valence-electron chi connectivity index (χ0n) is 20.8. The molecular formula is C26H26BIN2O8.